The third kappa shape index (κ3) is 3.58. The summed E-state index contributed by atoms with van der Waals surface area (Å²) in [6.45, 7) is 2.02. The molecule has 5 rings (SSSR count). The van der Waals surface area contributed by atoms with Gasteiger partial charge in [0.1, 0.15) is 11.4 Å². The minimum Gasteiger partial charge on any atom is -0.383 e. The minimum atomic E-state index is -0.571. The number of carbonyl (C=O) groups is 2. The Bertz CT molecular complexity index is 1230. The molecule has 2 fully saturated rings. The van der Waals surface area contributed by atoms with Gasteiger partial charge in [0.05, 0.1) is 30.7 Å². The highest BCUT2D eigenvalue weighted by Gasteiger charge is 2.44. The molecule has 10 heteroatoms. The highest BCUT2D eigenvalue weighted by molar-refractivity contribution is 5.95. The summed E-state index contributed by atoms with van der Waals surface area (Å²) in [5, 5.41) is 6.12. The molecule has 0 unspecified atom stereocenters. The van der Waals surface area contributed by atoms with E-state index in [1.165, 1.54) is 0 Å². The van der Waals surface area contributed by atoms with Crippen LogP contribution in [-0.4, -0.2) is 65.7 Å². The van der Waals surface area contributed by atoms with Gasteiger partial charge in [-0.2, -0.15) is 9.97 Å². The predicted molar refractivity (Wildman–Crippen MR) is 119 cm³/mol. The third-order valence-corrected chi connectivity index (χ3v) is 5.85. The topological polar surface area (TPSA) is 135 Å². The number of ether oxygens (including phenoxy) is 1. The summed E-state index contributed by atoms with van der Waals surface area (Å²) in [7, 11) is 1.60. The number of benzene rings is 1. The number of pyridine rings is 1. The van der Waals surface area contributed by atoms with Crippen LogP contribution in [0.2, 0.25) is 0 Å². The van der Waals surface area contributed by atoms with Crippen LogP contribution in [0.4, 0.5) is 11.8 Å². The van der Waals surface area contributed by atoms with E-state index in [1.807, 2.05) is 29.2 Å². The molecule has 2 saturated heterocycles. The smallest absolute Gasteiger partial charge is 0.251 e. The molecule has 1 atom stereocenters. The van der Waals surface area contributed by atoms with E-state index < -0.39 is 5.60 Å². The van der Waals surface area contributed by atoms with E-state index in [4.69, 9.17) is 15.5 Å². The van der Waals surface area contributed by atoms with Gasteiger partial charge in [-0.25, -0.2) is 4.98 Å². The van der Waals surface area contributed by atoms with Crippen LogP contribution in [0.25, 0.3) is 22.3 Å². The number of nitrogens with one attached hydrogen (secondary N) is 2. The second-order valence-electron chi connectivity index (χ2n) is 8.04. The number of rotatable bonds is 3. The van der Waals surface area contributed by atoms with Crippen molar-refractivity contribution in [2.75, 3.05) is 43.9 Å². The summed E-state index contributed by atoms with van der Waals surface area (Å²) in [6, 6.07) is 10.9. The average molecular weight is 433 g/mol. The number of nitrogens with two attached hydrogens (primary N) is 1. The zero-order chi connectivity index (χ0) is 22.3. The second-order valence-corrected chi connectivity index (χ2v) is 8.04. The van der Waals surface area contributed by atoms with Crippen LogP contribution in [0.15, 0.2) is 36.4 Å². The molecule has 2 aromatic heterocycles. The van der Waals surface area contributed by atoms with Gasteiger partial charge >= 0.3 is 0 Å². The Morgan fingerprint density at radius 2 is 2.12 bits per heavy atom. The van der Waals surface area contributed by atoms with Gasteiger partial charge in [-0.05, 0) is 24.3 Å². The molecule has 4 N–H and O–H groups in total. The van der Waals surface area contributed by atoms with Gasteiger partial charge in [0.25, 0.3) is 5.91 Å². The van der Waals surface area contributed by atoms with Crippen LogP contribution >= 0.6 is 0 Å². The molecule has 32 heavy (non-hydrogen) atoms. The number of carbonyl (C=O) groups excluding carboxylic acids is 2. The summed E-state index contributed by atoms with van der Waals surface area (Å²) in [5.74, 6) is 0.615. The van der Waals surface area contributed by atoms with E-state index in [1.54, 1.807) is 19.2 Å². The van der Waals surface area contributed by atoms with Crippen molar-refractivity contribution in [1.29, 1.82) is 0 Å². The van der Waals surface area contributed by atoms with Gasteiger partial charge < -0.3 is 26.0 Å². The fourth-order valence-electron chi connectivity index (χ4n) is 4.19. The number of hydrogen-bond acceptors (Lipinski definition) is 8. The van der Waals surface area contributed by atoms with E-state index >= 15 is 0 Å². The van der Waals surface area contributed by atoms with Gasteiger partial charge in [0.2, 0.25) is 11.9 Å². The van der Waals surface area contributed by atoms with Crippen LogP contribution in [0.3, 0.4) is 0 Å². The van der Waals surface area contributed by atoms with Gasteiger partial charge in [-0.15, -0.1) is 0 Å². The van der Waals surface area contributed by atoms with Crippen LogP contribution < -0.4 is 21.3 Å². The van der Waals surface area contributed by atoms with Crippen molar-refractivity contribution in [3.8, 4) is 11.3 Å². The lowest BCUT2D eigenvalue weighted by Crippen LogP contribution is -2.53. The first-order valence-corrected chi connectivity index (χ1v) is 10.4. The number of morpholine rings is 1. The lowest BCUT2D eigenvalue weighted by Gasteiger charge is -2.39. The number of anilines is 2. The standard InChI is InChI=1S/C22H23N7O3/c1-24-20(31)14-4-2-3-13(9-14)16-6-5-15-18(23)27-21(28-19(15)26-16)29-7-8-32-22(12-29)10-17(30)25-11-22/h2-6,9H,7-8,10-12H2,1H3,(H,24,31)(H,25,30)(H2,23,26,27,28)/t22-/m1/s1. The first kappa shape index (κ1) is 20.1. The van der Waals surface area contributed by atoms with Crippen molar-refractivity contribution in [2.45, 2.75) is 12.0 Å². The minimum absolute atomic E-state index is 0.0175. The Labute approximate surface area is 184 Å². The number of amides is 2. The Morgan fingerprint density at radius 3 is 2.91 bits per heavy atom. The average Bonchev–Trinajstić information content (AvgIpc) is 3.17. The largest absolute Gasteiger partial charge is 0.383 e. The summed E-state index contributed by atoms with van der Waals surface area (Å²) in [4.78, 5) is 39.6. The maximum atomic E-state index is 12.0. The maximum Gasteiger partial charge on any atom is 0.251 e. The third-order valence-electron chi connectivity index (χ3n) is 5.85. The lowest BCUT2D eigenvalue weighted by atomic mass is 10.0. The molecular formula is C22H23N7O3. The number of nitrogens with zero attached hydrogens (tertiary/aromatic N) is 4. The predicted octanol–water partition coefficient (Wildman–Crippen LogP) is 0.729. The van der Waals surface area contributed by atoms with Gasteiger partial charge in [-0.1, -0.05) is 12.1 Å². The summed E-state index contributed by atoms with van der Waals surface area (Å²) in [6.07, 6.45) is 0.316. The van der Waals surface area contributed by atoms with Crippen LogP contribution in [-0.2, 0) is 9.53 Å². The molecule has 2 amide bonds. The van der Waals surface area contributed by atoms with Gasteiger partial charge in [-0.3, -0.25) is 9.59 Å². The Balaban J connectivity index is 1.50. The van der Waals surface area contributed by atoms with Crippen LogP contribution in [0, 0.1) is 0 Å². The molecule has 164 valence electrons. The van der Waals surface area contributed by atoms with Crippen molar-refractivity contribution in [1.82, 2.24) is 25.6 Å². The molecule has 4 heterocycles. The summed E-state index contributed by atoms with van der Waals surface area (Å²) in [5.41, 5.74) is 8.16. The molecule has 1 aromatic carbocycles. The summed E-state index contributed by atoms with van der Waals surface area (Å²) >= 11 is 0. The molecule has 0 bridgehead atoms. The molecule has 0 radical (unpaired) electrons. The van der Waals surface area contributed by atoms with Crippen molar-refractivity contribution in [3.63, 3.8) is 0 Å². The van der Waals surface area contributed by atoms with Crippen molar-refractivity contribution >= 4 is 34.6 Å². The highest BCUT2D eigenvalue weighted by Crippen LogP contribution is 2.29. The van der Waals surface area contributed by atoms with Crippen molar-refractivity contribution in [3.05, 3.63) is 42.0 Å². The van der Waals surface area contributed by atoms with Crippen LogP contribution in [0.1, 0.15) is 16.8 Å². The zero-order valence-electron chi connectivity index (χ0n) is 17.6. The first-order chi connectivity index (χ1) is 15.5. The molecule has 0 saturated carbocycles. The molecule has 2 aliphatic rings. The first-order valence-electron chi connectivity index (χ1n) is 10.4. The number of fused-ring (bicyclic) bond motifs is 1. The maximum absolute atomic E-state index is 12.0. The number of nitrogen functional groups attached to an aromatic ring is 1. The van der Waals surface area contributed by atoms with Crippen molar-refractivity contribution < 1.29 is 14.3 Å². The Kier molecular flexibility index (Phi) is 4.86. The van der Waals surface area contributed by atoms with Gasteiger partial charge in [0, 0.05) is 31.3 Å². The van der Waals surface area contributed by atoms with E-state index in [-0.39, 0.29) is 11.8 Å². The molecule has 1 spiro atoms. The fourth-order valence-corrected chi connectivity index (χ4v) is 4.19. The molecule has 0 aliphatic carbocycles. The summed E-state index contributed by atoms with van der Waals surface area (Å²) < 4.78 is 5.92. The SMILES string of the molecule is CNC(=O)c1cccc(-c2ccc3c(N)nc(N4CCO[C@]5(CNC(=O)C5)C4)nc3n2)c1. The molecular weight excluding hydrogens is 410 g/mol. The Hall–Kier alpha value is -3.79. The Morgan fingerprint density at radius 1 is 1.25 bits per heavy atom. The number of aromatic nitrogens is 3. The number of hydrogen-bond donors (Lipinski definition) is 3. The molecule has 2 aliphatic heterocycles. The van der Waals surface area contributed by atoms with E-state index in [0.29, 0.717) is 66.7 Å². The zero-order valence-corrected chi connectivity index (χ0v) is 17.6. The molecule has 10 nitrogen and oxygen atoms in total. The van der Waals surface area contributed by atoms with Crippen LogP contribution in [0.5, 0.6) is 0 Å². The van der Waals surface area contributed by atoms with Crippen molar-refractivity contribution in [2.24, 2.45) is 0 Å². The van der Waals surface area contributed by atoms with E-state index in [9.17, 15) is 9.59 Å². The normalized spacial score (nSPS) is 20.5. The molecule has 3 aromatic rings. The quantitative estimate of drug-likeness (QED) is 0.550. The fraction of sp³-hybridized carbons (Fsp3) is 0.318. The monoisotopic (exact) mass is 433 g/mol. The highest BCUT2D eigenvalue weighted by atomic mass is 16.5. The second kappa shape index (κ2) is 7.72. The van der Waals surface area contributed by atoms with Gasteiger partial charge in [0.15, 0.2) is 5.65 Å². The lowest BCUT2D eigenvalue weighted by molar-refractivity contribution is -0.121. The van der Waals surface area contributed by atoms with E-state index in [0.717, 1.165) is 5.56 Å². The van der Waals surface area contributed by atoms with E-state index in [2.05, 4.69) is 20.6 Å².